The second-order valence-corrected chi connectivity index (χ2v) is 5.06. The number of methoxy groups -OCH3 is 4. The Balaban J connectivity index is 0.000000487. The fraction of sp³-hybridized carbons (Fsp3) is 0.353. The molecule has 0 radical (unpaired) electrons. The van der Waals surface area contributed by atoms with E-state index in [1.165, 1.54) is 20.3 Å². The Hall–Kier alpha value is -2.42. The highest BCUT2D eigenvalue weighted by Crippen LogP contribution is 2.32. The van der Waals surface area contributed by atoms with Crippen LogP contribution in [0.5, 0.6) is 23.5 Å². The number of carbonyl (C=O) groups is 1. The van der Waals surface area contributed by atoms with E-state index in [0.717, 1.165) is 0 Å². The summed E-state index contributed by atoms with van der Waals surface area (Å²) in [5, 5.41) is 0.278. The van der Waals surface area contributed by atoms with E-state index in [1.807, 2.05) is 6.92 Å². The monoisotopic (exact) mass is 384 g/mol. The molecule has 0 N–H and O–H groups in total. The van der Waals surface area contributed by atoms with Crippen LogP contribution in [0.1, 0.15) is 17.3 Å². The molecule has 1 heterocycles. The van der Waals surface area contributed by atoms with Crippen molar-refractivity contribution in [2.75, 3.05) is 28.4 Å². The molecule has 9 heteroatoms. The molecule has 2 aromatic rings. The first-order valence-corrected chi connectivity index (χ1v) is 7.81. The van der Waals surface area contributed by atoms with Crippen LogP contribution in [0.4, 0.5) is 0 Å². The molecule has 0 saturated carbocycles. The average molecular weight is 385 g/mol. The lowest BCUT2D eigenvalue weighted by Crippen LogP contribution is -2.05. The van der Waals surface area contributed by atoms with Gasteiger partial charge in [0.2, 0.25) is 11.8 Å². The van der Waals surface area contributed by atoms with Crippen LogP contribution < -0.4 is 14.2 Å². The van der Waals surface area contributed by atoms with Gasteiger partial charge in [0.05, 0.1) is 30.9 Å². The summed E-state index contributed by atoms with van der Waals surface area (Å²) in [5.74, 6) is 0.720. The molecular formula is C17H21ClN2O6. The number of aromatic nitrogens is 2. The zero-order valence-corrected chi connectivity index (χ0v) is 15.9. The van der Waals surface area contributed by atoms with Crippen LogP contribution in [0.3, 0.4) is 0 Å². The Kier molecular flexibility index (Phi) is 9.35. The zero-order chi connectivity index (χ0) is 19.5. The summed E-state index contributed by atoms with van der Waals surface area (Å²) in [5.41, 5.74) is 0.294. The van der Waals surface area contributed by atoms with Gasteiger partial charge in [0.25, 0.3) is 0 Å². The van der Waals surface area contributed by atoms with Crippen LogP contribution in [0.15, 0.2) is 24.3 Å². The molecule has 26 heavy (non-hydrogen) atoms. The molecule has 0 fully saturated rings. The van der Waals surface area contributed by atoms with Gasteiger partial charge < -0.3 is 23.7 Å². The maximum Gasteiger partial charge on any atom is 0.328 e. The Morgan fingerprint density at radius 3 is 2.04 bits per heavy atom. The molecule has 0 aliphatic heterocycles. The van der Waals surface area contributed by atoms with Crippen LogP contribution in [0, 0.1) is 0 Å². The molecule has 0 amide bonds. The van der Waals surface area contributed by atoms with E-state index >= 15 is 0 Å². The summed E-state index contributed by atoms with van der Waals surface area (Å²) in [7, 11) is 6.12. The maximum atomic E-state index is 11.0. The van der Waals surface area contributed by atoms with E-state index < -0.39 is 0 Å². The number of para-hydroxylation sites is 1. The van der Waals surface area contributed by atoms with E-state index in [4.69, 9.17) is 25.8 Å². The van der Waals surface area contributed by atoms with Gasteiger partial charge in [-0.1, -0.05) is 17.7 Å². The first-order valence-electron chi connectivity index (χ1n) is 7.43. The van der Waals surface area contributed by atoms with Crippen LogP contribution in [-0.2, 0) is 9.47 Å². The van der Waals surface area contributed by atoms with Gasteiger partial charge in [0, 0.05) is 14.2 Å². The molecule has 0 saturated heterocycles. The van der Waals surface area contributed by atoms with Crippen molar-refractivity contribution in [2.24, 2.45) is 0 Å². The van der Waals surface area contributed by atoms with Gasteiger partial charge in [0.1, 0.15) is 0 Å². The summed E-state index contributed by atoms with van der Waals surface area (Å²) in [6.45, 7) is 1.83. The third-order valence-corrected chi connectivity index (χ3v) is 3.36. The average Bonchev–Trinajstić information content (AvgIpc) is 2.68. The first kappa shape index (κ1) is 21.6. The molecule has 0 aliphatic rings. The Morgan fingerprint density at radius 2 is 1.62 bits per heavy atom. The molecule has 142 valence electrons. The molecule has 2 rings (SSSR count). The number of aldehydes is 1. The van der Waals surface area contributed by atoms with Crippen molar-refractivity contribution in [1.82, 2.24) is 9.97 Å². The summed E-state index contributed by atoms with van der Waals surface area (Å²) >= 11 is 6.00. The van der Waals surface area contributed by atoms with Crippen molar-refractivity contribution in [3.8, 4) is 23.5 Å². The summed E-state index contributed by atoms with van der Waals surface area (Å²) in [6, 6.07) is 6.29. The van der Waals surface area contributed by atoms with Crippen LogP contribution in [-0.4, -0.2) is 51.0 Å². The molecule has 0 atom stereocenters. The molecule has 1 aromatic heterocycles. The van der Waals surface area contributed by atoms with Gasteiger partial charge in [0.15, 0.2) is 18.3 Å². The van der Waals surface area contributed by atoms with Crippen LogP contribution in [0.25, 0.3) is 0 Å². The second kappa shape index (κ2) is 11.2. The molecule has 0 aliphatic carbocycles. The van der Waals surface area contributed by atoms with E-state index in [1.54, 1.807) is 32.4 Å². The lowest BCUT2D eigenvalue weighted by Gasteiger charge is -2.10. The molecule has 0 bridgehead atoms. The molecular weight excluding hydrogens is 364 g/mol. The third kappa shape index (κ3) is 6.47. The van der Waals surface area contributed by atoms with Crippen molar-refractivity contribution in [3.05, 3.63) is 34.9 Å². The van der Waals surface area contributed by atoms with Crippen LogP contribution in [0.2, 0.25) is 5.02 Å². The number of halogens is 1. The van der Waals surface area contributed by atoms with Gasteiger partial charge in [-0.05, 0) is 19.1 Å². The van der Waals surface area contributed by atoms with Gasteiger partial charge in [-0.15, -0.1) is 0 Å². The summed E-state index contributed by atoms with van der Waals surface area (Å²) in [4.78, 5) is 19.0. The van der Waals surface area contributed by atoms with E-state index in [9.17, 15) is 4.79 Å². The van der Waals surface area contributed by atoms with E-state index in [2.05, 4.69) is 19.4 Å². The molecule has 1 aromatic carbocycles. The van der Waals surface area contributed by atoms with E-state index in [-0.39, 0.29) is 34.8 Å². The maximum absolute atomic E-state index is 11.0. The largest absolute Gasteiger partial charge is 0.481 e. The van der Waals surface area contributed by atoms with Crippen molar-refractivity contribution < 1.29 is 28.5 Å². The minimum absolute atomic E-state index is 0.0302. The number of nitrogens with zero attached hydrogens (tertiary/aromatic N) is 2. The number of hydrogen-bond acceptors (Lipinski definition) is 8. The smallest absolute Gasteiger partial charge is 0.328 e. The van der Waals surface area contributed by atoms with Crippen molar-refractivity contribution in [3.63, 3.8) is 0 Å². The van der Waals surface area contributed by atoms with Crippen molar-refractivity contribution >= 4 is 17.9 Å². The van der Waals surface area contributed by atoms with Crippen molar-refractivity contribution in [2.45, 2.75) is 13.2 Å². The quantitative estimate of drug-likeness (QED) is 0.530. The lowest BCUT2D eigenvalue weighted by atomic mass is 10.2. The first-order chi connectivity index (χ1) is 12.5. The normalized spacial score (nSPS) is 9.96. The van der Waals surface area contributed by atoms with Gasteiger partial charge >= 0.3 is 6.01 Å². The topological polar surface area (TPSA) is 89.0 Å². The van der Waals surface area contributed by atoms with Gasteiger partial charge in [-0.2, -0.15) is 9.97 Å². The summed E-state index contributed by atoms with van der Waals surface area (Å²) < 4.78 is 24.8. The highest BCUT2D eigenvalue weighted by molar-refractivity contribution is 6.32. The fourth-order valence-corrected chi connectivity index (χ4v) is 1.77. The molecule has 0 spiro atoms. The number of rotatable bonds is 7. The highest BCUT2D eigenvalue weighted by atomic mass is 35.5. The van der Waals surface area contributed by atoms with Crippen LogP contribution >= 0.6 is 11.6 Å². The summed E-state index contributed by atoms with van der Waals surface area (Å²) in [6.07, 6.45) is 0.573. The minimum atomic E-state index is -0.0648. The number of carbonyl (C=O) groups excluding carboxylic acids is 1. The predicted molar refractivity (Wildman–Crippen MR) is 95.5 cm³/mol. The highest BCUT2D eigenvalue weighted by Gasteiger charge is 2.13. The standard InChI is InChI=1S/C13H11ClN2O4.C4H10O2/c1-18-10-6-11(19-2)16-13(15-10)20-12-8(7-17)4-3-5-9(12)14;1-4(5-2)6-3/h3-7H,1-2H3;4H,1-3H3. The lowest BCUT2D eigenvalue weighted by molar-refractivity contribution is -0.0877. The number of ether oxygens (including phenoxy) is 5. The van der Waals surface area contributed by atoms with Gasteiger partial charge in [-0.25, -0.2) is 0 Å². The van der Waals surface area contributed by atoms with Crippen molar-refractivity contribution in [1.29, 1.82) is 0 Å². The Bertz CT molecular complexity index is 687. The number of benzene rings is 1. The second-order valence-electron chi connectivity index (χ2n) is 4.65. The number of hydrogen-bond donors (Lipinski definition) is 0. The molecule has 0 unspecified atom stereocenters. The van der Waals surface area contributed by atoms with Gasteiger partial charge in [-0.3, -0.25) is 4.79 Å². The fourth-order valence-electron chi connectivity index (χ4n) is 1.55. The molecule has 8 nitrogen and oxygen atoms in total. The zero-order valence-electron chi connectivity index (χ0n) is 15.2. The SMILES string of the molecule is COC(C)OC.COc1cc(OC)nc(Oc2c(Cl)cccc2C=O)n1. The third-order valence-electron chi connectivity index (χ3n) is 3.06. The Labute approximate surface area is 157 Å². The Morgan fingerprint density at radius 1 is 1.04 bits per heavy atom. The minimum Gasteiger partial charge on any atom is -0.481 e. The van der Waals surface area contributed by atoms with E-state index in [0.29, 0.717) is 11.8 Å². The predicted octanol–water partition coefficient (Wildman–Crippen LogP) is 3.38.